The third kappa shape index (κ3) is 9.34. The number of carbonyl (C=O) groups excluding carboxylic acids is 4. The third-order valence-electron chi connectivity index (χ3n) is 9.90. The lowest BCUT2D eigenvalue weighted by Gasteiger charge is -2.27. The standard InChI is InChI=1S/C38H47N11O5.C2H5NO/c1-6-48-30(14-22(4)44-48)36-41-27-16-24(34(39)52)11-12-29(27)46(36)19-21(3)25(10-8-9-13-50)20-47-33-28(17-26(35(40)53)18-32(33)51)42-38(47)43-37(54)31-15-23(5)45-49(31)7-2;1-2(3)4/h11-12,14-18,21,25,50-51H,6-10,13,19-20H2,1-5H3,(H2,39,52)(H2,40,53)(H,42,43,54);1H3,(H2,3,4). The number of amides is 4. The highest BCUT2D eigenvalue weighted by Gasteiger charge is 2.27. The van der Waals surface area contributed by atoms with Crippen LogP contribution in [-0.4, -0.2) is 79.1 Å². The number of phenolic OH excluding ortho intramolecular Hbond substituents is 1. The highest BCUT2D eigenvalue weighted by Crippen LogP contribution is 2.35. The minimum atomic E-state index is -0.726. The van der Waals surface area contributed by atoms with Gasteiger partial charge in [0.2, 0.25) is 23.7 Å². The number of nitrogens with two attached hydrogens (primary N) is 3. The number of rotatable bonds is 16. The molecule has 0 aliphatic rings. The quantitative estimate of drug-likeness (QED) is 0.0770. The molecule has 0 fully saturated rings. The van der Waals surface area contributed by atoms with E-state index in [0.29, 0.717) is 79.3 Å². The Morgan fingerprint density at radius 3 is 2.09 bits per heavy atom. The molecule has 4 heterocycles. The summed E-state index contributed by atoms with van der Waals surface area (Å²) in [6.45, 7) is 13.0. The van der Waals surface area contributed by atoms with Crippen molar-refractivity contribution in [3.8, 4) is 17.3 Å². The molecule has 6 aromatic rings. The van der Waals surface area contributed by atoms with Crippen LogP contribution in [-0.2, 0) is 31.0 Å². The Bertz CT molecular complexity index is 2470. The van der Waals surface area contributed by atoms with Gasteiger partial charge in [-0.3, -0.25) is 33.9 Å². The van der Waals surface area contributed by atoms with Gasteiger partial charge < -0.3 is 36.5 Å². The van der Waals surface area contributed by atoms with E-state index in [9.17, 15) is 29.4 Å². The maximum Gasteiger partial charge on any atom is 0.276 e. The van der Waals surface area contributed by atoms with Gasteiger partial charge in [-0.25, -0.2) is 9.97 Å². The number of nitrogens with zero attached hydrogens (tertiary/aromatic N) is 8. The van der Waals surface area contributed by atoms with Crippen LogP contribution < -0.4 is 22.5 Å². The van der Waals surface area contributed by atoms with Crippen molar-refractivity contribution in [1.82, 2.24) is 38.7 Å². The molecule has 0 radical (unpaired) electrons. The molecule has 308 valence electrons. The number of aromatic nitrogens is 8. The van der Waals surface area contributed by atoms with E-state index in [1.165, 1.54) is 19.1 Å². The Hall–Kier alpha value is -6.56. The molecule has 4 aromatic heterocycles. The number of anilines is 1. The molecule has 0 aliphatic carbocycles. The first-order chi connectivity index (χ1) is 27.6. The average Bonchev–Trinajstić information content (AvgIpc) is 3.93. The van der Waals surface area contributed by atoms with Crippen molar-refractivity contribution in [3.63, 3.8) is 0 Å². The Morgan fingerprint density at radius 1 is 0.810 bits per heavy atom. The zero-order valence-electron chi connectivity index (χ0n) is 33.7. The lowest BCUT2D eigenvalue weighted by molar-refractivity contribution is -0.115. The second kappa shape index (κ2) is 18.1. The predicted octanol–water partition coefficient (Wildman–Crippen LogP) is 3.87. The van der Waals surface area contributed by atoms with E-state index < -0.39 is 17.7 Å². The number of primary amides is 3. The zero-order chi connectivity index (χ0) is 42.4. The van der Waals surface area contributed by atoms with Gasteiger partial charge in [0.15, 0.2) is 5.82 Å². The summed E-state index contributed by atoms with van der Waals surface area (Å²) < 4.78 is 7.40. The van der Waals surface area contributed by atoms with Gasteiger partial charge in [-0.15, -0.1) is 0 Å². The number of hydrogen-bond acceptors (Lipinski definition) is 10. The predicted molar refractivity (Wildman–Crippen MR) is 219 cm³/mol. The van der Waals surface area contributed by atoms with E-state index in [4.69, 9.17) is 21.4 Å². The first-order valence-electron chi connectivity index (χ1n) is 19.2. The minimum Gasteiger partial charge on any atom is -0.506 e. The highest BCUT2D eigenvalue weighted by atomic mass is 16.3. The van der Waals surface area contributed by atoms with Crippen molar-refractivity contribution in [2.75, 3.05) is 11.9 Å². The number of aliphatic hydroxyl groups excluding tert-OH is 1. The number of aliphatic hydroxyl groups is 1. The van der Waals surface area contributed by atoms with Gasteiger partial charge in [0, 0.05) is 50.8 Å². The summed E-state index contributed by atoms with van der Waals surface area (Å²) >= 11 is 0. The summed E-state index contributed by atoms with van der Waals surface area (Å²) in [5, 5.41) is 33.1. The van der Waals surface area contributed by atoms with Gasteiger partial charge in [-0.1, -0.05) is 13.3 Å². The van der Waals surface area contributed by atoms with Gasteiger partial charge in [-0.2, -0.15) is 10.2 Å². The molecular weight excluding hydrogens is 745 g/mol. The van der Waals surface area contributed by atoms with Crippen molar-refractivity contribution in [1.29, 1.82) is 0 Å². The van der Waals surface area contributed by atoms with Crippen molar-refractivity contribution in [2.24, 2.45) is 29.0 Å². The number of benzene rings is 2. The fourth-order valence-electron chi connectivity index (χ4n) is 7.17. The van der Waals surface area contributed by atoms with Crippen molar-refractivity contribution in [3.05, 3.63) is 70.7 Å². The molecule has 18 heteroatoms. The molecule has 9 N–H and O–H groups in total. The maximum atomic E-state index is 13.7. The van der Waals surface area contributed by atoms with Crippen LogP contribution in [0.15, 0.2) is 42.5 Å². The van der Waals surface area contributed by atoms with Crippen molar-refractivity contribution in [2.45, 2.75) is 87.0 Å². The van der Waals surface area contributed by atoms with E-state index in [0.717, 1.165) is 16.9 Å². The summed E-state index contributed by atoms with van der Waals surface area (Å²) in [5.74, 6) is -1.50. The Labute approximate surface area is 335 Å². The summed E-state index contributed by atoms with van der Waals surface area (Å²) in [6, 6.07) is 11.7. The topological polar surface area (TPSA) is 270 Å². The normalized spacial score (nSPS) is 12.3. The number of aryl methyl sites for hydroxylation is 4. The van der Waals surface area contributed by atoms with Gasteiger partial charge in [0.05, 0.1) is 27.9 Å². The molecule has 2 atom stereocenters. The van der Waals surface area contributed by atoms with Crippen LogP contribution in [0.4, 0.5) is 5.95 Å². The SMILES string of the molecule is CC(N)=O.CCn1nc(C)cc1C(=O)Nc1nc2cc(C(N)=O)cc(O)c2n1CC(CCCCO)C(C)Cn1c(-c2cc(C)nn2CC)nc2cc(C(N)=O)ccc21. The smallest absolute Gasteiger partial charge is 0.276 e. The number of aromatic hydroxyl groups is 1. The van der Waals surface area contributed by atoms with Crippen LogP contribution in [0.1, 0.15) is 89.5 Å². The Morgan fingerprint density at radius 2 is 1.45 bits per heavy atom. The van der Waals surface area contributed by atoms with Crippen LogP contribution >= 0.6 is 0 Å². The molecule has 58 heavy (non-hydrogen) atoms. The molecule has 0 aliphatic heterocycles. The minimum absolute atomic E-state index is 0.0382. The van der Waals surface area contributed by atoms with Gasteiger partial charge in [-0.05, 0) is 94.8 Å². The maximum absolute atomic E-state index is 13.7. The largest absolute Gasteiger partial charge is 0.506 e. The van der Waals surface area contributed by atoms with Crippen molar-refractivity contribution >= 4 is 51.6 Å². The van der Waals surface area contributed by atoms with Crippen LogP contribution in [0.25, 0.3) is 33.6 Å². The van der Waals surface area contributed by atoms with Crippen LogP contribution in [0.2, 0.25) is 0 Å². The third-order valence-corrected chi connectivity index (χ3v) is 9.90. The van der Waals surface area contributed by atoms with E-state index in [-0.39, 0.29) is 47.1 Å². The monoisotopic (exact) mass is 796 g/mol. The first kappa shape index (κ1) is 42.6. The highest BCUT2D eigenvalue weighted by molar-refractivity contribution is 6.04. The zero-order valence-corrected chi connectivity index (χ0v) is 33.7. The summed E-state index contributed by atoms with van der Waals surface area (Å²) in [4.78, 5) is 56.9. The summed E-state index contributed by atoms with van der Waals surface area (Å²) in [7, 11) is 0. The fraction of sp³-hybridized carbons (Fsp3) is 0.400. The van der Waals surface area contributed by atoms with E-state index in [1.54, 1.807) is 27.4 Å². The van der Waals surface area contributed by atoms with Crippen LogP contribution in [0, 0.1) is 25.7 Å². The Balaban J connectivity index is 0.00000153. The molecule has 0 spiro atoms. The molecular formula is C40H52N12O6. The summed E-state index contributed by atoms with van der Waals surface area (Å²) in [6.07, 6.45) is 2.00. The molecule has 0 saturated heterocycles. The van der Waals surface area contributed by atoms with E-state index in [2.05, 4.69) is 32.7 Å². The lowest BCUT2D eigenvalue weighted by atomic mass is 9.88. The van der Waals surface area contributed by atoms with Gasteiger partial charge >= 0.3 is 0 Å². The van der Waals surface area contributed by atoms with Crippen LogP contribution in [0.3, 0.4) is 0 Å². The number of hydrogen-bond donors (Lipinski definition) is 6. The molecule has 4 amide bonds. The molecule has 0 saturated carbocycles. The van der Waals surface area contributed by atoms with Crippen molar-refractivity contribution < 1.29 is 29.4 Å². The Kier molecular flexibility index (Phi) is 13.3. The lowest BCUT2D eigenvalue weighted by Crippen LogP contribution is -2.25. The number of fused-ring (bicyclic) bond motifs is 2. The summed E-state index contributed by atoms with van der Waals surface area (Å²) in [5.41, 5.74) is 20.9. The molecule has 2 unspecified atom stereocenters. The number of unbranched alkanes of at least 4 members (excludes halogenated alkanes) is 1. The number of nitrogens with one attached hydrogen (secondary N) is 1. The molecule has 18 nitrogen and oxygen atoms in total. The number of phenols is 1. The van der Waals surface area contributed by atoms with E-state index in [1.807, 2.05) is 44.5 Å². The first-order valence-corrected chi connectivity index (χ1v) is 19.2. The van der Waals surface area contributed by atoms with Gasteiger partial charge in [0.1, 0.15) is 22.7 Å². The number of imidazole rings is 2. The average molecular weight is 797 g/mol. The van der Waals surface area contributed by atoms with Gasteiger partial charge in [0.25, 0.3) is 5.91 Å². The molecule has 0 bridgehead atoms. The molecule has 6 rings (SSSR count). The van der Waals surface area contributed by atoms with Crippen LogP contribution in [0.5, 0.6) is 5.75 Å². The second-order valence-corrected chi connectivity index (χ2v) is 14.4. The number of carbonyl (C=O) groups is 4. The molecule has 2 aromatic carbocycles. The fourth-order valence-corrected chi connectivity index (χ4v) is 7.17. The van der Waals surface area contributed by atoms with E-state index >= 15 is 0 Å². The second-order valence-electron chi connectivity index (χ2n) is 14.4.